The summed E-state index contributed by atoms with van der Waals surface area (Å²) in [5.41, 5.74) is 1.52. The van der Waals surface area contributed by atoms with Crippen molar-refractivity contribution in [2.45, 2.75) is 30.0 Å². The number of hydrogen-bond donors (Lipinski definition) is 1. The lowest BCUT2D eigenvalue weighted by molar-refractivity contribution is -0.133. The highest BCUT2D eigenvalue weighted by Gasteiger charge is 2.30. The van der Waals surface area contributed by atoms with Gasteiger partial charge in [0.2, 0.25) is 11.8 Å². The van der Waals surface area contributed by atoms with E-state index in [1.165, 1.54) is 23.9 Å². The predicted octanol–water partition coefficient (Wildman–Crippen LogP) is 3.68. The number of nitrogens with zero attached hydrogens (tertiary/aromatic N) is 1. The number of benzene rings is 2. The fourth-order valence-electron chi connectivity index (χ4n) is 2.75. The second-order valence-corrected chi connectivity index (χ2v) is 7.08. The van der Waals surface area contributed by atoms with Crippen molar-refractivity contribution in [3.8, 4) is 0 Å². The number of halogens is 1. The van der Waals surface area contributed by atoms with E-state index in [0.717, 1.165) is 16.1 Å². The Morgan fingerprint density at radius 1 is 1.24 bits per heavy atom. The minimum atomic E-state index is -0.455. The Morgan fingerprint density at radius 3 is 2.80 bits per heavy atom. The number of nitrogens with one attached hydrogen (secondary N) is 1. The van der Waals surface area contributed by atoms with Gasteiger partial charge in [-0.05, 0) is 36.8 Å². The van der Waals surface area contributed by atoms with E-state index in [4.69, 9.17) is 0 Å². The predicted molar refractivity (Wildman–Crippen MR) is 96.8 cm³/mol. The molecule has 0 spiro atoms. The molecule has 0 saturated heterocycles. The van der Waals surface area contributed by atoms with Crippen LogP contribution in [-0.4, -0.2) is 28.5 Å². The Morgan fingerprint density at radius 2 is 2.04 bits per heavy atom. The van der Waals surface area contributed by atoms with Gasteiger partial charge in [-0.3, -0.25) is 9.59 Å². The first-order chi connectivity index (χ1) is 12.1. The van der Waals surface area contributed by atoms with Crippen LogP contribution in [0.3, 0.4) is 0 Å². The summed E-state index contributed by atoms with van der Waals surface area (Å²) in [5, 5.41) is 2.39. The second-order valence-electron chi connectivity index (χ2n) is 5.83. The first-order valence-corrected chi connectivity index (χ1v) is 9.03. The van der Waals surface area contributed by atoms with E-state index >= 15 is 0 Å². The van der Waals surface area contributed by atoms with E-state index in [-0.39, 0.29) is 24.1 Å². The third kappa shape index (κ3) is 4.20. The van der Waals surface area contributed by atoms with Gasteiger partial charge in [0.25, 0.3) is 0 Å². The van der Waals surface area contributed by atoms with Crippen molar-refractivity contribution in [2.24, 2.45) is 0 Å². The molecule has 0 aromatic heterocycles. The Kier molecular flexibility index (Phi) is 5.38. The second kappa shape index (κ2) is 7.70. The van der Waals surface area contributed by atoms with Crippen LogP contribution in [-0.2, 0) is 16.1 Å². The van der Waals surface area contributed by atoms with Gasteiger partial charge in [-0.2, -0.15) is 0 Å². The maximum atomic E-state index is 13.3. The number of anilines is 1. The maximum absolute atomic E-state index is 13.3. The fourth-order valence-corrected chi connectivity index (χ4v) is 3.85. The Bertz CT molecular complexity index is 796. The van der Waals surface area contributed by atoms with Gasteiger partial charge in [0, 0.05) is 24.4 Å². The summed E-state index contributed by atoms with van der Waals surface area (Å²) in [4.78, 5) is 27.5. The zero-order chi connectivity index (χ0) is 17.8. The first-order valence-electron chi connectivity index (χ1n) is 8.15. The summed E-state index contributed by atoms with van der Waals surface area (Å²) in [5.74, 6) is -0.586. The van der Waals surface area contributed by atoms with Crippen molar-refractivity contribution in [1.29, 1.82) is 0 Å². The molecular weight excluding hydrogens is 339 g/mol. The summed E-state index contributed by atoms with van der Waals surface area (Å²) in [6.45, 7) is 2.72. The standard InChI is InChI=1S/C19H19FN2O2S/c1-2-22(12-13-6-5-7-14(20)10-13)18(23)11-17-19(24)21-15-8-3-4-9-16(15)25-17/h3-10,17H,2,11-12H2,1H3,(H,21,24). The van der Waals surface area contributed by atoms with Crippen LogP contribution in [0, 0.1) is 5.82 Å². The van der Waals surface area contributed by atoms with Crippen LogP contribution < -0.4 is 5.32 Å². The largest absolute Gasteiger partial charge is 0.339 e. The van der Waals surface area contributed by atoms with Crippen LogP contribution in [0.4, 0.5) is 10.1 Å². The highest BCUT2D eigenvalue weighted by Crippen LogP contribution is 2.36. The van der Waals surface area contributed by atoms with E-state index < -0.39 is 5.25 Å². The van der Waals surface area contributed by atoms with Crippen molar-refractivity contribution < 1.29 is 14.0 Å². The molecule has 2 aromatic carbocycles. The van der Waals surface area contributed by atoms with Crippen molar-refractivity contribution in [2.75, 3.05) is 11.9 Å². The third-order valence-electron chi connectivity index (χ3n) is 4.06. The van der Waals surface area contributed by atoms with Crippen molar-refractivity contribution >= 4 is 29.3 Å². The number of carbonyl (C=O) groups is 2. The molecule has 0 fully saturated rings. The van der Waals surface area contributed by atoms with Crippen LogP contribution in [0.1, 0.15) is 18.9 Å². The summed E-state index contributed by atoms with van der Waals surface area (Å²) in [6.07, 6.45) is 0.119. The van der Waals surface area contributed by atoms with Crippen LogP contribution in [0.5, 0.6) is 0 Å². The van der Waals surface area contributed by atoms with E-state index in [2.05, 4.69) is 5.32 Å². The lowest BCUT2D eigenvalue weighted by atomic mass is 10.2. The molecule has 130 valence electrons. The molecule has 1 N–H and O–H groups in total. The van der Waals surface area contributed by atoms with Crippen LogP contribution in [0.2, 0.25) is 0 Å². The van der Waals surface area contributed by atoms with Gasteiger partial charge in [-0.15, -0.1) is 11.8 Å². The van der Waals surface area contributed by atoms with Gasteiger partial charge < -0.3 is 10.2 Å². The Balaban J connectivity index is 1.67. The first kappa shape index (κ1) is 17.5. The van der Waals surface area contributed by atoms with Gasteiger partial charge in [0.15, 0.2) is 0 Å². The average Bonchev–Trinajstić information content (AvgIpc) is 2.60. The normalized spacial score (nSPS) is 16.1. The van der Waals surface area contributed by atoms with Crippen molar-refractivity contribution in [3.63, 3.8) is 0 Å². The van der Waals surface area contributed by atoms with E-state index in [0.29, 0.717) is 13.1 Å². The fraction of sp³-hybridized carbons (Fsp3) is 0.263. The minimum absolute atomic E-state index is 0.112. The molecule has 0 saturated carbocycles. The van der Waals surface area contributed by atoms with Gasteiger partial charge >= 0.3 is 0 Å². The van der Waals surface area contributed by atoms with Crippen LogP contribution >= 0.6 is 11.8 Å². The Labute approximate surface area is 150 Å². The molecule has 2 amide bonds. The highest BCUT2D eigenvalue weighted by molar-refractivity contribution is 8.01. The van der Waals surface area contributed by atoms with E-state index in [9.17, 15) is 14.0 Å². The molecule has 1 aliphatic heterocycles. The number of carbonyl (C=O) groups excluding carboxylic acids is 2. The molecule has 0 radical (unpaired) electrons. The van der Waals surface area contributed by atoms with Crippen LogP contribution in [0.25, 0.3) is 0 Å². The molecular formula is C19H19FN2O2S. The third-order valence-corrected chi connectivity index (χ3v) is 5.34. The molecule has 6 heteroatoms. The monoisotopic (exact) mass is 358 g/mol. The quantitative estimate of drug-likeness (QED) is 0.887. The molecule has 3 rings (SSSR count). The molecule has 0 bridgehead atoms. The molecule has 0 aliphatic carbocycles. The smallest absolute Gasteiger partial charge is 0.238 e. The molecule has 1 aliphatic rings. The van der Waals surface area contributed by atoms with Gasteiger partial charge in [0.05, 0.1) is 10.9 Å². The molecule has 1 unspecified atom stereocenters. The summed E-state index contributed by atoms with van der Waals surface area (Å²) in [7, 11) is 0. The number of para-hydroxylation sites is 1. The highest BCUT2D eigenvalue weighted by atomic mass is 32.2. The topological polar surface area (TPSA) is 49.4 Å². The van der Waals surface area contributed by atoms with Crippen molar-refractivity contribution in [1.82, 2.24) is 4.90 Å². The lowest BCUT2D eigenvalue weighted by Gasteiger charge is -2.27. The van der Waals surface area contributed by atoms with Gasteiger partial charge in [-0.1, -0.05) is 24.3 Å². The SMILES string of the molecule is CCN(Cc1cccc(F)c1)C(=O)CC1Sc2ccccc2NC1=O. The number of thioether (sulfide) groups is 1. The van der Waals surface area contributed by atoms with Crippen LogP contribution in [0.15, 0.2) is 53.4 Å². The molecule has 25 heavy (non-hydrogen) atoms. The number of rotatable bonds is 5. The van der Waals surface area contributed by atoms with E-state index in [1.807, 2.05) is 31.2 Å². The van der Waals surface area contributed by atoms with Gasteiger partial charge in [-0.25, -0.2) is 4.39 Å². The number of fused-ring (bicyclic) bond motifs is 1. The molecule has 2 aromatic rings. The van der Waals surface area contributed by atoms with Crippen molar-refractivity contribution in [3.05, 3.63) is 59.9 Å². The molecule has 4 nitrogen and oxygen atoms in total. The summed E-state index contributed by atoms with van der Waals surface area (Å²) in [6, 6.07) is 13.8. The molecule has 1 atom stereocenters. The zero-order valence-corrected chi connectivity index (χ0v) is 14.7. The average molecular weight is 358 g/mol. The van der Waals surface area contributed by atoms with Gasteiger partial charge in [0.1, 0.15) is 5.82 Å². The number of amides is 2. The Hall–Kier alpha value is -2.34. The van der Waals surface area contributed by atoms with E-state index in [1.54, 1.807) is 17.0 Å². The molecule has 1 heterocycles. The summed E-state index contributed by atoms with van der Waals surface area (Å²) < 4.78 is 13.3. The summed E-state index contributed by atoms with van der Waals surface area (Å²) >= 11 is 1.41. The minimum Gasteiger partial charge on any atom is -0.339 e. The zero-order valence-electron chi connectivity index (χ0n) is 13.9. The lowest BCUT2D eigenvalue weighted by Crippen LogP contribution is -2.37. The maximum Gasteiger partial charge on any atom is 0.238 e. The number of hydrogen-bond acceptors (Lipinski definition) is 3.